The third-order valence-corrected chi connectivity index (χ3v) is 10.9. The molecule has 8 nitrogen and oxygen atoms in total. The van der Waals surface area contributed by atoms with Crippen LogP contribution in [0.1, 0.15) is 65.0 Å². The van der Waals surface area contributed by atoms with E-state index in [1.807, 2.05) is 55.5 Å². The summed E-state index contributed by atoms with van der Waals surface area (Å²) in [7, 11) is 0. The molecule has 2 atom stereocenters. The number of benzene rings is 5. The smallest absolute Gasteiger partial charge is 0.335 e. The molecule has 8 rings (SSSR count). The number of hydrogen-bond acceptors (Lipinski definition) is 6. The first-order valence-corrected chi connectivity index (χ1v) is 18.9. The zero-order valence-corrected chi connectivity index (χ0v) is 31.1. The summed E-state index contributed by atoms with van der Waals surface area (Å²) in [5, 5.41) is 2.42. The Morgan fingerprint density at radius 2 is 1.43 bits per heavy atom. The van der Waals surface area contributed by atoms with Gasteiger partial charge in [-0.3, -0.25) is 14.9 Å². The fourth-order valence-corrected chi connectivity index (χ4v) is 8.41. The number of halogens is 2. The van der Waals surface area contributed by atoms with Crippen molar-refractivity contribution in [2.24, 2.45) is 0 Å². The first-order chi connectivity index (χ1) is 26.3. The van der Waals surface area contributed by atoms with E-state index in [1.165, 1.54) is 29.3 Å². The molecule has 5 aromatic carbocycles. The Morgan fingerprint density at radius 3 is 2.02 bits per heavy atom. The van der Waals surface area contributed by atoms with E-state index < -0.39 is 17.8 Å². The van der Waals surface area contributed by atoms with Crippen LogP contribution in [0, 0.1) is 5.82 Å². The fraction of sp³-hybridized carbons (Fsp3) is 0.205. The number of urea groups is 1. The molecule has 3 aliphatic heterocycles. The van der Waals surface area contributed by atoms with E-state index in [-0.39, 0.29) is 29.8 Å². The average Bonchev–Trinajstić information content (AvgIpc) is 3.18. The SMILES string of the molecule is CCOc1cc(/C=C2\C(=O)NC(=O)N(c3cc4c5c(c3)[C@H](c3ccccc3)CCN5CC[C@@H]4c3ccccc3)C2=O)cc(Br)c1OCc1ccc(F)cc1. The Balaban J connectivity index is 1.19. The summed E-state index contributed by atoms with van der Waals surface area (Å²) < 4.78 is 25.9. The van der Waals surface area contributed by atoms with Gasteiger partial charge in [-0.2, -0.15) is 0 Å². The maximum absolute atomic E-state index is 14.4. The van der Waals surface area contributed by atoms with E-state index in [2.05, 4.69) is 50.4 Å². The van der Waals surface area contributed by atoms with Crippen molar-refractivity contribution in [3.63, 3.8) is 0 Å². The number of nitrogens with zero attached hydrogens (tertiary/aromatic N) is 2. The van der Waals surface area contributed by atoms with Crippen LogP contribution < -0.4 is 24.6 Å². The van der Waals surface area contributed by atoms with Crippen molar-refractivity contribution in [1.29, 1.82) is 0 Å². The van der Waals surface area contributed by atoms with Crippen LogP contribution in [-0.2, 0) is 16.2 Å². The molecule has 0 aliphatic carbocycles. The van der Waals surface area contributed by atoms with Crippen molar-refractivity contribution in [1.82, 2.24) is 5.32 Å². The van der Waals surface area contributed by atoms with Crippen molar-refractivity contribution in [2.75, 3.05) is 29.5 Å². The van der Waals surface area contributed by atoms with Gasteiger partial charge < -0.3 is 14.4 Å². The number of ether oxygens (including phenoxy) is 2. The van der Waals surface area contributed by atoms with Crippen LogP contribution in [-0.4, -0.2) is 37.5 Å². The molecule has 0 radical (unpaired) electrons. The van der Waals surface area contributed by atoms with Gasteiger partial charge in [0.2, 0.25) is 0 Å². The van der Waals surface area contributed by atoms with Crippen molar-refractivity contribution in [2.45, 2.75) is 38.2 Å². The number of rotatable bonds is 9. The zero-order chi connectivity index (χ0) is 37.3. The van der Waals surface area contributed by atoms with Crippen LogP contribution >= 0.6 is 15.9 Å². The maximum Gasteiger partial charge on any atom is 0.335 e. The minimum absolute atomic E-state index is 0.0587. The van der Waals surface area contributed by atoms with E-state index in [0.717, 1.165) is 53.2 Å². The van der Waals surface area contributed by atoms with Gasteiger partial charge in [-0.15, -0.1) is 0 Å². The second-order valence-corrected chi connectivity index (χ2v) is 14.5. The second-order valence-electron chi connectivity index (χ2n) is 13.6. The van der Waals surface area contributed by atoms with Crippen molar-refractivity contribution in [3.05, 3.63) is 158 Å². The topological polar surface area (TPSA) is 88.2 Å². The van der Waals surface area contributed by atoms with E-state index in [1.54, 1.807) is 24.3 Å². The maximum atomic E-state index is 14.4. The molecule has 5 aromatic rings. The van der Waals surface area contributed by atoms with Gasteiger partial charge in [0.15, 0.2) is 11.5 Å². The molecular weight excluding hydrogens is 749 g/mol. The summed E-state index contributed by atoms with van der Waals surface area (Å²) in [6, 6.07) is 33.2. The van der Waals surface area contributed by atoms with Gasteiger partial charge in [-0.1, -0.05) is 72.8 Å². The van der Waals surface area contributed by atoms with Crippen LogP contribution in [0.25, 0.3) is 6.08 Å². The molecule has 0 aromatic heterocycles. The zero-order valence-electron chi connectivity index (χ0n) is 29.6. The van der Waals surface area contributed by atoms with Crippen LogP contribution in [0.4, 0.5) is 20.6 Å². The van der Waals surface area contributed by atoms with Gasteiger partial charge in [0.25, 0.3) is 11.8 Å². The monoisotopic (exact) mass is 785 g/mol. The van der Waals surface area contributed by atoms with E-state index in [0.29, 0.717) is 33.8 Å². The number of hydrogen-bond donors (Lipinski definition) is 1. The lowest BCUT2D eigenvalue weighted by atomic mass is 9.76. The highest BCUT2D eigenvalue weighted by atomic mass is 79.9. The minimum Gasteiger partial charge on any atom is -0.490 e. The van der Waals surface area contributed by atoms with Gasteiger partial charge in [0, 0.05) is 30.6 Å². The van der Waals surface area contributed by atoms with Crippen LogP contribution in [0.3, 0.4) is 0 Å². The number of nitrogens with one attached hydrogen (secondary N) is 1. The number of amides is 4. The molecule has 3 heterocycles. The van der Waals surface area contributed by atoms with Crippen molar-refractivity contribution in [3.8, 4) is 11.5 Å². The Kier molecular flexibility index (Phi) is 9.77. The number of carbonyl (C=O) groups excluding carboxylic acids is 3. The predicted molar refractivity (Wildman–Crippen MR) is 210 cm³/mol. The summed E-state index contributed by atoms with van der Waals surface area (Å²) in [5.41, 5.74) is 7.08. The molecule has 1 fully saturated rings. The molecule has 3 aliphatic rings. The average molecular weight is 787 g/mol. The lowest BCUT2D eigenvalue weighted by molar-refractivity contribution is -0.122. The Hall–Kier alpha value is -5.74. The predicted octanol–water partition coefficient (Wildman–Crippen LogP) is 9.11. The molecule has 10 heteroatoms. The second kappa shape index (κ2) is 14.9. The quantitative estimate of drug-likeness (QED) is 0.119. The standard InChI is InChI=1S/C44H37BrFN3O5/c1-2-53-39-23-28(22-38(45)41(39)54-26-27-13-15-31(46)16-14-27)21-37-42(50)47-44(52)49(43(37)51)32-24-35-33(29-9-5-3-6-10-29)17-19-48-20-18-34(36(25-32)40(35)48)30-11-7-4-8-12-30/h3-16,21-25,33-34H,2,17-20,26H2,1H3,(H,47,50,52)/b37-21+/t33-,34+. The van der Waals surface area contributed by atoms with Gasteiger partial charge in [-0.05, 0) is 112 Å². The summed E-state index contributed by atoms with van der Waals surface area (Å²) in [6.45, 7) is 4.13. The van der Waals surface area contributed by atoms with Gasteiger partial charge in [0.05, 0.1) is 16.8 Å². The first kappa shape index (κ1) is 35.3. The van der Waals surface area contributed by atoms with Crippen molar-refractivity contribution < 1.29 is 28.2 Å². The molecule has 0 bridgehead atoms. The third kappa shape index (κ3) is 6.78. The van der Waals surface area contributed by atoms with Gasteiger partial charge in [0.1, 0.15) is 18.0 Å². The highest BCUT2D eigenvalue weighted by Gasteiger charge is 2.40. The van der Waals surface area contributed by atoms with Crippen molar-refractivity contribution >= 4 is 51.2 Å². The lowest BCUT2D eigenvalue weighted by Gasteiger charge is -2.44. The van der Waals surface area contributed by atoms with Gasteiger partial charge in [-0.25, -0.2) is 14.1 Å². The molecule has 1 N–H and O–H groups in total. The van der Waals surface area contributed by atoms with Crippen LogP contribution in [0.2, 0.25) is 0 Å². The molecule has 1 saturated heterocycles. The van der Waals surface area contributed by atoms with E-state index in [9.17, 15) is 18.8 Å². The highest BCUT2D eigenvalue weighted by molar-refractivity contribution is 9.10. The summed E-state index contributed by atoms with van der Waals surface area (Å²) in [6.07, 6.45) is 3.23. The molecule has 272 valence electrons. The largest absolute Gasteiger partial charge is 0.490 e. The summed E-state index contributed by atoms with van der Waals surface area (Å²) in [4.78, 5) is 45.0. The molecule has 0 unspecified atom stereocenters. The first-order valence-electron chi connectivity index (χ1n) is 18.1. The number of barbiturate groups is 1. The van der Waals surface area contributed by atoms with E-state index in [4.69, 9.17) is 9.47 Å². The number of anilines is 2. The molecule has 54 heavy (non-hydrogen) atoms. The fourth-order valence-electron chi connectivity index (χ4n) is 7.84. The molecule has 4 amide bonds. The number of imide groups is 2. The Labute approximate surface area is 321 Å². The Bertz CT molecular complexity index is 2210. The molecule has 0 spiro atoms. The lowest BCUT2D eigenvalue weighted by Crippen LogP contribution is -2.54. The minimum atomic E-state index is -0.800. The highest BCUT2D eigenvalue weighted by Crippen LogP contribution is 2.50. The summed E-state index contributed by atoms with van der Waals surface area (Å²) in [5.74, 6) is -0.937. The molecule has 0 saturated carbocycles. The normalized spacial score (nSPS) is 18.7. The van der Waals surface area contributed by atoms with Crippen LogP contribution in [0.15, 0.2) is 119 Å². The Morgan fingerprint density at radius 1 is 0.815 bits per heavy atom. The third-order valence-electron chi connectivity index (χ3n) is 10.3. The van der Waals surface area contributed by atoms with Crippen LogP contribution in [0.5, 0.6) is 11.5 Å². The van der Waals surface area contributed by atoms with Gasteiger partial charge >= 0.3 is 6.03 Å². The molecular formula is C44H37BrFN3O5. The summed E-state index contributed by atoms with van der Waals surface area (Å²) >= 11 is 3.57. The number of carbonyl (C=O) groups is 3. The van der Waals surface area contributed by atoms with E-state index >= 15 is 0 Å².